The number of hydrogen-bond acceptors (Lipinski definition) is 5. The minimum Gasteiger partial charge on any atom is -0.497 e. The highest BCUT2D eigenvalue weighted by molar-refractivity contribution is 5.41. The van der Waals surface area contributed by atoms with E-state index in [2.05, 4.69) is 10.3 Å². The number of ether oxygens (including phenoxy) is 2. The molecule has 0 radical (unpaired) electrons. The predicted molar refractivity (Wildman–Crippen MR) is 67.8 cm³/mol. The number of anilines is 1. The largest absolute Gasteiger partial charge is 0.497 e. The monoisotopic (exact) mass is 248 g/mol. The molecule has 96 valence electrons. The lowest BCUT2D eigenvalue weighted by Gasteiger charge is -2.11. The number of aromatic nitrogens is 3. The third-order valence-electron chi connectivity index (χ3n) is 2.83. The maximum absolute atomic E-state index is 5.67. The van der Waals surface area contributed by atoms with Gasteiger partial charge in [0.2, 0.25) is 0 Å². The van der Waals surface area contributed by atoms with Crippen LogP contribution in [0.15, 0.2) is 18.2 Å². The van der Waals surface area contributed by atoms with E-state index in [1.165, 1.54) is 0 Å². The highest BCUT2D eigenvalue weighted by Gasteiger charge is 2.10. The molecule has 2 N–H and O–H groups in total. The minimum atomic E-state index is 0.442. The summed E-state index contributed by atoms with van der Waals surface area (Å²) in [6, 6.07) is 5.63. The van der Waals surface area contributed by atoms with Crippen molar-refractivity contribution in [3.63, 3.8) is 0 Å². The first-order valence-corrected chi connectivity index (χ1v) is 5.52. The van der Waals surface area contributed by atoms with Crippen molar-refractivity contribution in [2.75, 3.05) is 20.0 Å². The SMILES string of the molecule is COc1ccc(OC)c(Cn2nnc(N)c2C)c1. The molecule has 0 aliphatic carbocycles. The molecule has 6 nitrogen and oxygen atoms in total. The Kier molecular flexibility index (Phi) is 3.36. The van der Waals surface area contributed by atoms with Crippen molar-refractivity contribution in [3.05, 3.63) is 29.5 Å². The Morgan fingerprint density at radius 1 is 1.28 bits per heavy atom. The van der Waals surface area contributed by atoms with Crippen LogP contribution < -0.4 is 15.2 Å². The topological polar surface area (TPSA) is 75.2 Å². The Hall–Kier alpha value is -2.24. The summed E-state index contributed by atoms with van der Waals surface area (Å²) in [6.45, 7) is 2.42. The summed E-state index contributed by atoms with van der Waals surface area (Å²) in [5, 5.41) is 7.82. The summed E-state index contributed by atoms with van der Waals surface area (Å²) < 4.78 is 12.2. The lowest BCUT2D eigenvalue weighted by molar-refractivity contribution is 0.396. The van der Waals surface area contributed by atoms with Crippen LogP contribution in [0.2, 0.25) is 0 Å². The van der Waals surface area contributed by atoms with Crippen molar-refractivity contribution in [2.45, 2.75) is 13.5 Å². The van der Waals surface area contributed by atoms with Crippen molar-refractivity contribution in [3.8, 4) is 11.5 Å². The van der Waals surface area contributed by atoms with Crippen molar-refractivity contribution in [1.29, 1.82) is 0 Å². The Bertz CT molecular complexity index is 551. The number of benzene rings is 1. The van der Waals surface area contributed by atoms with Crippen LogP contribution in [-0.2, 0) is 6.54 Å². The lowest BCUT2D eigenvalue weighted by Crippen LogP contribution is -2.06. The highest BCUT2D eigenvalue weighted by Crippen LogP contribution is 2.25. The molecule has 0 aliphatic rings. The number of nitrogens with two attached hydrogens (primary N) is 1. The molecule has 0 saturated carbocycles. The van der Waals surface area contributed by atoms with E-state index in [4.69, 9.17) is 15.2 Å². The van der Waals surface area contributed by atoms with Crippen LogP contribution in [0.5, 0.6) is 11.5 Å². The highest BCUT2D eigenvalue weighted by atomic mass is 16.5. The normalized spacial score (nSPS) is 10.4. The van der Waals surface area contributed by atoms with E-state index >= 15 is 0 Å². The van der Waals surface area contributed by atoms with Gasteiger partial charge in [0, 0.05) is 5.56 Å². The second-order valence-corrected chi connectivity index (χ2v) is 3.90. The van der Waals surface area contributed by atoms with Gasteiger partial charge in [0.1, 0.15) is 11.5 Å². The van der Waals surface area contributed by atoms with E-state index in [-0.39, 0.29) is 0 Å². The summed E-state index contributed by atoms with van der Waals surface area (Å²) >= 11 is 0. The fourth-order valence-corrected chi connectivity index (χ4v) is 1.69. The minimum absolute atomic E-state index is 0.442. The van der Waals surface area contributed by atoms with Gasteiger partial charge in [-0.25, -0.2) is 4.68 Å². The third-order valence-corrected chi connectivity index (χ3v) is 2.83. The molecule has 0 fully saturated rings. The Balaban J connectivity index is 2.35. The van der Waals surface area contributed by atoms with E-state index in [9.17, 15) is 0 Å². The molecule has 6 heteroatoms. The maximum Gasteiger partial charge on any atom is 0.168 e. The van der Waals surface area contributed by atoms with Crippen LogP contribution in [-0.4, -0.2) is 29.2 Å². The van der Waals surface area contributed by atoms with Gasteiger partial charge >= 0.3 is 0 Å². The van der Waals surface area contributed by atoms with Gasteiger partial charge in [-0.3, -0.25) is 0 Å². The van der Waals surface area contributed by atoms with Crippen LogP contribution in [0.4, 0.5) is 5.82 Å². The summed E-state index contributed by atoms with van der Waals surface area (Å²) in [4.78, 5) is 0. The van der Waals surface area contributed by atoms with Crippen LogP contribution >= 0.6 is 0 Å². The van der Waals surface area contributed by atoms with Crippen molar-refractivity contribution >= 4 is 5.82 Å². The zero-order valence-corrected chi connectivity index (χ0v) is 10.7. The van der Waals surface area contributed by atoms with E-state index in [0.29, 0.717) is 12.4 Å². The van der Waals surface area contributed by atoms with E-state index in [0.717, 1.165) is 22.8 Å². The molecule has 0 saturated heterocycles. The molecule has 0 spiro atoms. The van der Waals surface area contributed by atoms with Gasteiger partial charge in [0.15, 0.2) is 5.82 Å². The lowest BCUT2D eigenvalue weighted by atomic mass is 10.2. The Morgan fingerprint density at radius 2 is 2.06 bits per heavy atom. The first-order chi connectivity index (χ1) is 8.65. The van der Waals surface area contributed by atoms with Gasteiger partial charge in [-0.1, -0.05) is 5.21 Å². The van der Waals surface area contributed by atoms with E-state index in [1.807, 2.05) is 25.1 Å². The van der Waals surface area contributed by atoms with E-state index < -0.39 is 0 Å². The second-order valence-electron chi connectivity index (χ2n) is 3.90. The summed E-state index contributed by atoms with van der Waals surface area (Å²) in [5.41, 5.74) is 7.47. The summed E-state index contributed by atoms with van der Waals surface area (Å²) in [5.74, 6) is 2.00. The fourth-order valence-electron chi connectivity index (χ4n) is 1.69. The van der Waals surface area contributed by atoms with Crippen molar-refractivity contribution < 1.29 is 9.47 Å². The molecular weight excluding hydrogens is 232 g/mol. The second kappa shape index (κ2) is 4.95. The Morgan fingerprint density at radius 3 is 2.61 bits per heavy atom. The molecular formula is C12H16N4O2. The predicted octanol–water partition coefficient (Wildman–Crippen LogP) is 1.23. The van der Waals surface area contributed by atoms with Gasteiger partial charge in [-0.05, 0) is 25.1 Å². The average Bonchev–Trinajstić information content (AvgIpc) is 2.70. The van der Waals surface area contributed by atoms with Crippen LogP contribution in [0, 0.1) is 6.92 Å². The summed E-state index contributed by atoms with van der Waals surface area (Å²) in [7, 11) is 3.26. The number of rotatable bonds is 4. The molecule has 0 atom stereocenters. The van der Waals surface area contributed by atoms with Gasteiger partial charge < -0.3 is 15.2 Å². The Labute approximate surface area is 105 Å². The standard InChI is InChI=1S/C12H16N4O2/c1-8-12(13)14-15-16(8)7-9-6-10(17-2)4-5-11(9)18-3/h4-6H,7,13H2,1-3H3. The molecule has 0 bridgehead atoms. The fraction of sp³-hybridized carbons (Fsp3) is 0.333. The quantitative estimate of drug-likeness (QED) is 0.880. The van der Waals surface area contributed by atoms with Gasteiger partial charge in [-0.2, -0.15) is 0 Å². The number of hydrogen-bond donors (Lipinski definition) is 1. The molecule has 1 heterocycles. The van der Waals surface area contributed by atoms with Gasteiger partial charge in [0.05, 0.1) is 26.5 Å². The molecule has 18 heavy (non-hydrogen) atoms. The molecule has 1 aromatic carbocycles. The number of nitrogen functional groups attached to an aromatic ring is 1. The molecule has 0 unspecified atom stereocenters. The van der Waals surface area contributed by atoms with Crippen LogP contribution in [0.1, 0.15) is 11.3 Å². The molecule has 2 aromatic rings. The number of methoxy groups -OCH3 is 2. The molecule has 0 aliphatic heterocycles. The van der Waals surface area contributed by atoms with Gasteiger partial charge in [0.25, 0.3) is 0 Å². The van der Waals surface area contributed by atoms with Crippen molar-refractivity contribution in [1.82, 2.24) is 15.0 Å². The van der Waals surface area contributed by atoms with Crippen molar-refractivity contribution in [2.24, 2.45) is 0 Å². The van der Waals surface area contributed by atoms with Crippen LogP contribution in [0.25, 0.3) is 0 Å². The first kappa shape index (κ1) is 12.2. The summed E-state index contributed by atoms with van der Waals surface area (Å²) in [6.07, 6.45) is 0. The van der Waals surface area contributed by atoms with Gasteiger partial charge in [-0.15, -0.1) is 5.10 Å². The molecule has 2 rings (SSSR count). The smallest absolute Gasteiger partial charge is 0.168 e. The molecule has 0 amide bonds. The first-order valence-electron chi connectivity index (χ1n) is 5.52. The van der Waals surface area contributed by atoms with Crippen LogP contribution in [0.3, 0.4) is 0 Å². The third kappa shape index (κ3) is 2.22. The molecule has 1 aromatic heterocycles. The maximum atomic E-state index is 5.67. The van der Waals surface area contributed by atoms with E-state index in [1.54, 1.807) is 18.9 Å². The number of nitrogens with zero attached hydrogens (tertiary/aromatic N) is 3. The zero-order valence-electron chi connectivity index (χ0n) is 10.7. The average molecular weight is 248 g/mol. The zero-order chi connectivity index (χ0) is 13.1.